The summed E-state index contributed by atoms with van der Waals surface area (Å²) >= 11 is 11.6. The van der Waals surface area contributed by atoms with Crippen molar-refractivity contribution in [3.8, 4) is 5.75 Å². The van der Waals surface area contributed by atoms with Crippen molar-refractivity contribution in [2.24, 2.45) is 0 Å². The summed E-state index contributed by atoms with van der Waals surface area (Å²) < 4.78 is 9.99. The number of amides is 1. The fraction of sp³-hybridized carbons (Fsp3) is 0.0833. The van der Waals surface area contributed by atoms with E-state index >= 15 is 0 Å². The van der Waals surface area contributed by atoms with Crippen molar-refractivity contribution >= 4 is 40.9 Å². The van der Waals surface area contributed by atoms with Gasteiger partial charge in [-0.2, -0.15) is 0 Å². The number of benzene rings is 1. The van der Waals surface area contributed by atoms with Crippen molar-refractivity contribution in [3.05, 3.63) is 50.5 Å². The van der Waals surface area contributed by atoms with Crippen LogP contribution in [0.15, 0.2) is 34.7 Å². The number of nitro groups is 1. The van der Waals surface area contributed by atoms with E-state index in [1.807, 2.05) is 0 Å². The maximum Gasteiger partial charge on any atom is 0.434 e. The molecule has 0 unspecified atom stereocenters. The number of furan rings is 1. The van der Waals surface area contributed by atoms with Crippen LogP contribution in [0.3, 0.4) is 0 Å². The minimum Gasteiger partial charge on any atom is -0.482 e. The van der Waals surface area contributed by atoms with E-state index in [1.165, 1.54) is 18.2 Å². The van der Waals surface area contributed by atoms with E-state index in [-0.39, 0.29) is 17.5 Å². The van der Waals surface area contributed by atoms with Gasteiger partial charge in [0.25, 0.3) is 5.91 Å². The Hall–Kier alpha value is -2.45. The Bertz CT molecular complexity index is 704. The van der Waals surface area contributed by atoms with Crippen molar-refractivity contribution in [1.29, 1.82) is 0 Å². The summed E-state index contributed by atoms with van der Waals surface area (Å²) in [6, 6.07) is 7.03. The zero-order chi connectivity index (χ0) is 16.1. The number of carbonyl (C=O) groups excluding carboxylic acids is 1. The molecule has 0 aliphatic heterocycles. The molecular weight excluding hydrogens is 337 g/mol. The summed E-state index contributed by atoms with van der Waals surface area (Å²) in [5, 5.41) is 11.1. The Morgan fingerprint density at radius 3 is 2.73 bits per heavy atom. The Kier molecular flexibility index (Phi) is 5.08. The molecule has 8 nitrogen and oxygen atoms in total. The van der Waals surface area contributed by atoms with Gasteiger partial charge in [0.05, 0.1) is 11.1 Å². The Labute approximate surface area is 134 Å². The Morgan fingerprint density at radius 2 is 2.09 bits per heavy atom. The van der Waals surface area contributed by atoms with Crippen LogP contribution >= 0.6 is 23.2 Å². The van der Waals surface area contributed by atoms with Crippen molar-refractivity contribution < 1.29 is 18.9 Å². The molecule has 10 heteroatoms. The molecule has 2 rings (SSSR count). The molecule has 0 radical (unpaired) electrons. The highest BCUT2D eigenvalue weighted by Gasteiger charge is 2.12. The number of hydrazine groups is 1. The molecule has 116 valence electrons. The molecule has 1 heterocycles. The number of nitrogens with zero attached hydrogens (tertiary/aromatic N) is 1. The van der Waals surface area contributed by atoms with Crippen LogP contribution < -0.4 is 15.6 Å². The van der Waals surface area contributed by atoms with E-state index in [0.29, 0.717) is 10.8 Å². The van der Waals surface area contributed by atoms with Gasteiger partial charge in [0, 0.05) is 11.1 Å². The fourth-order valence-corrected chi connectivity index (χ4v) is 1.86. The molecule has 2 aromatic rings. The molecule has 1 aromatic carbocycles. The summed E-state index contributed by atoms with van der Waals surface area (Å²) in [5.41, 5.74) is 4.63. The lowest BCUT2D eigenvalue weighted by Crippen LogP contribution is -2.33. The van der Waals surface area contributed by atoms with Crippen molar-refractivity contribution in [2.75, 3.05) is 12.0 Å². The number of nitrogens with one attached hydrogen (secondary N) is 2. The zero-order valence-corrected chi connectivity index (χ0v) is 12.4. The zero-order valence-electron chi connectivity index (χ0n) is 10.8. The number of carbonyl (C=O) groups is 1. The monoisotopic (exact) mass is 345 g/mol. The van der Waals surface area contributed by atoms with Crippen molar-refractivity contribution in [1.82, 2.24) is 5.43 Å². The number of hydrogen-bond donors (Lipinski definition) is 2. The summed E-state index contributed by atoms with van der Waals surface area (Å²) in [6.07, 6.45) is 0. The second-order valence-electron chi connectivity index (χ2n) is 3.93. The second kappa shape index (κ2) is 7.01. The SMILES string of the molecule is O=C(COc1ccc(Cl)cc1Cl)NNc1ccc([N+](=O)[O-])o1. The van der Waals surface area contributed by atoms with Crippen LogP contribution in [0.4, 0.5) is 11.8 Å². The molecule has 0 aliphatic carbocycles. The van der Waals surface area contributed by atoms with Crippen LogP contribution in [0.5, 0.6) is 5.75 Å². The Morgan fingerprint density at radius 1 is 1.32 bits per heavy atom. The first kappa shape index (κ1) is 15.9. The summed E-state index contributed by atoms with van der Waals surface area (Å²) in [6.45, 7) is -0.322. The second-order valence-corrected chi connectivity index (χ2v) is 4.78. The lowest BCUT2D eigenvalue weighted by molar-refractivity contribution is -0.401. The van der Waals surface area contributed by atoms with E-state index in [0.717, 1.165) is 6.07 Å². The van der Waals surface area contributed by atoms with Gasteiger partial charge in [-0.05, 0) is 18.2 Å². The minimum atomic E-state index is -0.696. The number of anilines is 1. The number of hydrogen-bond acceptors (Lipinski definition) is 6. The summed E-state index contributed by atoms with van der Waals surface area (Å²) in [7, 11) is 0. The fourth-order valence-electron chi connectivity index (χ4n) is 1.40. The molecule has 0 aliphatic rings. The van der Waals surface area contributed by atoms with E-state index in [4.69, 9.17) is 32.4 Å². The highest BCUT2D eigenvalue weighted by Crippen LogP contribution is 2.27. The van der Waals surface area contributed by atoms with Gasteiger partial charge in [-0.1, -0.05) is 23.2 Å². The normalized spacial score (nSPS) is 10.1. The third-order valence-electron chi connectivity index (χ3n) is 2.35. The quantitative estimate of drug-likeness (QED) is 0.615. The van der Waals surface area contributed by atoms with Crippen LogP contribution in [0, 0.1) is 10.1 Å². The van der Waals surface area contributed by atoms with Crippen LogP contribution in [-0.2, 0) is 4.79 Å². The molecule has 0 saturated carbocycles. The molecule has 22 heavy (non-hydrogen) atoms. The van der Waals surface area contributed by atoms with Crippen molar-refractivity contribution in [3.63, 3.8) is 0 Å². The lowest BCUT2D eigenvalue weighted by Gasteiger charge is -2.09. The topological polar surface area (TPSA) is 107 Å². The molecule has 0 fully saturated rings. The average Bonchev–Trinajstić information content (AvgIpc) is 2.93. The van der Waals surface area contributed by atoms with Gasteiger partial charge in [0.1, 0.15) is 10.7 Å². The third kappa shape index (κ3) is 4.27. The van der Waals surface area contributed by atoms with Gasteiger partial charge < -0.3 is 9.15 Å². The first-order chi connectivity index (χ1) is 10.5. The van der Waals surface area contributed by atoms with E-state index in [1.54, 1.807) is 6.07 Å². The van der Waals surface area contributed by atoms with E-state index in [9.17, 15) is 14.9 Å². The first-order valence-electron chi connectivity index (χ1n) is 5.82. The third-order valence-corrected chi connectivity index (χ3v) is 2.88. The maximum atomic E-state index is 11.6. The molecular formula is C12H9Cl2N3O5. The van der Waals surface area contributed by atoms with Gasteiger partial charge in [0.15, 0.2) is 6.61 Å². The van der Waals surface area contributed by atoms with Gasteiger partial charge in [-0.3, -0.25) is 25.8 Å². The number of ether oxygens (including phenoxy) is 1. The predicted molar refractivity (Wildman–Crippen MR) is 79.1 cm³/mol. The molecule has 0 bridgehead atoms. The summed E-state index contributed by atoms with van der Waals surface area (Å²) in [4.78, 5) is 21.3. The summed E-state index contributed by atoms with van der Waals surface area (Å²) in [5.74, 6) is -0.662. The largest absolute Gasteiger partial charge is 0.482 e. The van der Waals surface area contributed by atoms with Crippen LogP contribution in [0.25, 0.3) is 0 Å². The number of rotatable bonds is 6. The Balaban J connectivity index is 1.81. The van der Waals surface area contributed by atoms with E-state index in [2.05, 4.69) is 10.9 Å². The molecule has 0 atom stereocenters. The van der Waals surface area contributed by atoms with Gasteiger partial charge >= 0.3 is 5.88 Å². The first-order valence-corrected chi connectivity index (χ1v) is 6.58. The van der Waals surface area contributed by atoms with Crippen molar-refractivity contribution in [2.45, 2.75) is 0 Å². The van der Waals surface area contributed by atoms with Crippen LogP contribution in [0.2, 0.25) is 10.0 Å². The highest BCUT2D eigenvalue weighted by molar-refractivity contribution is 6.35. The molecule has 2 N–H and O–H groups in total. The smallest absolute Gasteiger partial charge is 0.434 e. The van der Waals surface area contributed by atoms with Crippen LogP contribution in [0.1, 0.15) is 0 Å². The average molecular weight is 346 g/mol. The van der Waals surface area contributed by atoms with Gasteiger partial charge in [-0.25, -0.2) is 0 Å². The molecule has 1 aromatic heterocycles. The van der Waals surface area contributed by atoms with Crippen LogP contribution in [-0.4, -0.2) is 17.4 Å². The molecule has 0 spiro atoms. The minimum absolute atomic E-state index is 0.0181. The molecule has 0 saturated heterocycles. The maximum absolute atomic E-state index is 11.6. The van der Waals surface area contributed by atoms with Gasteiger partial charge in [0.2, 0.25) is 5.88 Å². The van der Waals surface area contributed by atoms with Gasteiger partial charge in [-0.15, -0.1) is 0 Å². The number of halogens is 2. The predicted octanol–water partition coefficient (Wildman–Crippen LogP) is 3.02. The van der Waals surface area contributed by atoms with E-state index < -0.39 is 16.7 Å². The molecule has 1 amide bonds. The highest BCUT2D eigenvalue weighted by atomic mass is 35.5. The standard InChI is InChI=1S/C12H9Cl2N3O5/c13-7-1-2-9(8(14)5-7)21-6-10(18)15-16-11-3-4-12(22-11)17(19)20/h1-5,16H,6H2,(H,15,18). The lowest BCUT2D eigenvalue weighted by atomic mass is 10.3.